The van der Waals surface area contributed by atoms with Gasteiger partial charge in [0.2, 0.25) is 0 Å². The first-order valence-corrected chi connectivity index (χ1v) is 13.5. The largest absolute Gasteiger partial charge is 0.512 e. The molecular formula is C18H33F6NO4S2. The van der Waals surface area contributed by atoms with Crippen LogP contribution < -0.4 is 0 Å². The van der Waals surface area contributed by atoms with Gasteiger partial charge < -0.3 is 0 Å². The van der Waals surface area contributed by atoms with Crippen LogP contribution in [0.3, 0.4) is 0 Å². The van der Waals surface area contributed by atoms with Gasteiger partial charge in [0.05, 0.1) is 0 Å². The Morgan fingerprint density at radius 1 is 0.516 bits per heavy atom. The maximum atomic E-state index is 12.6. The molecule has 0 unspecified atom stereocenters. The summed E-state index contributed by atoms with van der Waals surface area (Å²) in [7, 11) is -13.3. The molecule has 0 aliphatic carbocycles. The lowest BCUT2D eigenvalue weighted by molar-refractivity contribution is -0.0531. The van der Waals surface area contributed by atoms with Crippen molar-refractivity contribution >= 4 is 20.0 Å². The molecule has 0 aliphatic rings. The molecule has 188 valence electrons. The average Bonchev–Trinajstić information content (AvgIpc) is 2.62. The predicted octanol–water partition coefficient (Wildman–Crippen LogP) is 6.47. The molecule has 0 fully saturated rings. The van der Waals surface area contributed by atoms with Crippen LogP contribution in [0.5, 0.6) is 0 Å². The number of alkyl halides is 6. The number of rotatable bonds is 17. The van der Waals surface area contributed by atoms with E-state index in [1.807, 2.05) is 0 Å². The van der Waals surface area contributed by atoms with Crippen molar-refractivity contribution in [2.45, 2.75) is 108 Å². The molecule has 0 saturated carbocycles. The van der Waals surface area contributed by atoms with Crippen molar-refractivity contribution in [1.82, 2.24) is 3.71 Å². The van der Waals surface area contributed by atoms with Gasteiger partial charge in [-0.1, -0.05) is 94.1 Å². The van der Waals surface area contributed by atoms with Crippen LogP contribution in [0.1, 0.15) is 96.8 Å². The molecule has 0 aromatic rings. The van der Waals surface area contributed by atoms with Gasteiger partial charge in [0.15, 0.2) is 0 Å². The van der Waals surface area contributed by atoms with Gasteiger partial charge in [-0.05, 0) is 6.42 Å². The zero-order valence-corrected chi connectivity index (χ0v) is 19.4. The Balaban J connectivity index is 4.30. The minimum Gasteiger partial charge on any atom is -0.202 e. The van der Waals surface area contributed by atoms with Crippen molar-refractivity contribution in [2.24, 2.45) is 0 Å². The van der Waals surface area contributed by atoms with Gasteiger partial charge in [-0.15, -0.1) is 0 Å². The maximum Gasteiger partial charge on any atom is 0.512 e. The Morgan fingerprint density at radius 2 is 0.774 bits per heavy atom. The number of nitrogens with zero attached hydrogens (tertiary/aromatic N) is 1. The molecule has 5 nitrogen and oxygen atoms in total. The maximum absolute atomic E-state index is 12.6. The van der Waals surface area contributed by atoms with Crippen LogP contribution in [0, 0.1) is 0 Å². The smallest absolute Gasteiger partial charge is 0.202 e. The lowest BCUT2D eigenvalue weighted by Crippen LogP contribution is -2.49. The SMILES string of the molecule is CCCCCCCCCCCCCCCCN(S(=O)(=O)C(F)(F)F)S(=O)(=O)C(F)(F)F. The van der Waals surface area contributed by atoms with E-state index >= 15 is 0 Å². The fourth-order valence-electron chi connectivity index (χ4n) is 3.04. The Morgan fingerprint density at radius 3 is 1.03 bits per heavy atom. The summed E-state index contributed by atoms with van der Waals surface area (Å²) in [5.41, 5.74) is -12.3. The Hall–Kier alpha value is -0.560. The van der Waals surface area contributed by atoms with Crippen molar-refractivity contribution in [1.29, 1.82) is 0 Å². The van der Waals surface area contributed by atoms with E-state index in [1.165, 1.54) is 38.5 Å². The fraction of sp³-hybridized carbons (Fsp3) is 1.00. The molecule has 0 amide bonds. The van der Waals surface area contributed by atoms with Crippen LogP contribution in [0.2, 0.25) is 0 Å². The Bertz CT molecular complexity index is 647. The number of hydrogen-bond donors (Lipinski definition) is 0. The average molecular weight is 506 g/mol. The van der Waals surface area contributed by atoms with Gasteiger partial charge in [0, 0.05) is 6.54 Å². The first-order chi connectivity index (χ1) is 14.2. The number of hydrogen-bond acceptors (Lipinski definition) is 4. The van der Waals surface area contributed by atoms with E-state index < -0.39 is 47.7 Å². The third-order valence-corrected chi connectivity index (χ3v) is 8.60. The number of halogens is 6. The summed E-state index contributed by atoms with van der Waals surface area (Å²) in [6.45, 7) is 0.757. The molecular weight excluding hydrogens is 472 g/mol. The highest BCUT2D eigenvalue weighted by molar-refractivity contribution is 8.04. The van der Waals surface area contributed by atoms with Crippen molar-refractivity contribution in [2.75, 3.05) is 6.54 Å². The molecule has 0 aliphatic heterocycles. The quantitative estimate of drug-likeness (QED) is 0.168. The van der Waals surface area contributed by atoms with Gasteiger partial charge in [-0.2, -0.15) is 26.3 Å². The molecule has 0 radical (unpaired) electrons. The third kappa shape index (κ3) is 10.7. The zero-order chi connectivity index (χ0) is 24.2. The van der Waals surface area contributed by atoms with Crippen LogP contribution >= 0.6 is 0 Å². The van der Waals surface area contributed by atoms with E-state index in [9.17, 15) is 43.2 Å². The predicted molar refractivity (Wildman–Crippen MR) is 107 cm³/mol. The summed E-state index contributed by atoms with van der Waals surface area (Å²) in [6.07, 6.45) is 12.1. The van der Waals surface area contributed by atoms with Crippen molar-refractivity contribution in [3.8, 4) is 0 Å². The molecule has 0 heterocycles. The minimum absolute atomic E-state index is 0.120. The highest BCUT2D eigenvalue weighted by atomic mass is 32.3. The molecule has 0 N–H and O–H groups in total. The van der Waals surface area contributed by atoms with Gasteiger partial charge in [-0.3, -0.25) is 0 Å². The molecule has 0 aromatic heterocycles. The first-order valence-electron chi connectivity index (χ1n) is 10.6. The van der Waals surface area contributed by atoms with E-state index in [0.717, 1.165) is 25.7 Å². The number of sulfonamides is 2. The van der Waals surface area contributed by atoms with Crippen LogP contribution in [-0.2, 0) is 20.0 Å². The van der Waals surface area contributed by atoms with Crippen molar-refractivity contribution < 1.29 is 43.2 Å². The van der Waals surface area contributed by atoms with Crippen LogP contribution in [0.15, 0.2) is 0 Å². The zero-order valence-electron chi connectivity index (χ0n) is 17.8. The minimum atomic E-state index is -6.67. The van der Waals surface area contributed by atoms with E-state index in [4.69, 9.17) is 0 Å². The highest BCUT2D eigenvalue weighted by Crippen LogP contribution is 2.35. The second kappa shape index (κ2) is 13.9. The second-order valence-corrected chi connectivity index (χ2v) is 11.4. The Labute approximate surface area is 181 Å². The molecule has 0 bridgehead atoms. The van der Waals surface area contributed by atoms with Gasteiger partial charge in [0.25, 0.3) is 0 Å². The van der Waals surface area contributed by atoms with Gasteiger partial charge >= 0.3 is 31.1 Å². The monoisotopic (exact) mass is 505 g/mol. The summed E-state index contributed by atoms with van der Waals surface area (Å²) >= 11 is 0. The number of unbranched alkanes of at least 4 members (excludes halogenated alkanes) is 13. The highest BCUT2D eigenvalue weighted by Gasteiger charge is 2.61. The van der Waals surface area contributed by atoms with Gasteiger partial charge in [-0.25, -0.2) is 16.8 Å². The van der Waals surface area contributed by atoms with Crippen LogP contribution in [0.4, 0.5) is 26.3 Å². The summed E-state index contributed by atoms with van der Waals surface area (Å²) in [6, 6.07) is 0. The standard InChI is InChI=1S/C18H33F6NO4S2/c1-2-3-4-5-6-7-8-9-10-11-12-13-14-15-16-25(30(26,27)17(19,20)21)31(28,29)18(22,23)24/h2-16H2,1H3. The summed E-state index contributed by atoms with van der Waals surface area (Å²) in [5.74, 6) is 0. The van der Waals surface area contributed by atoms with Crippen molar-refractivity contribution in [3.05, 3.63) is 0 Å². The lowest BCUT2D eigenvalue weighted by atomic mass is 10.0. The first kappa shape index (κ1) is 30.4. The van der Waals surface area contributed by atoms with Crippen LogP contribution in [-0.4, -0.2) is 38.1 Å². The van der Waals surface area contributed by atoms with Crippen LogP contribution in [0.25, 0.3) is 0 Å². The van der Waals surface area contributed by atoms with E-state index in [0.29, 0.717) is 12.8 Å². The molecule has 0 spiro atoms. The van der Waals surface area contributed by atoms with E-state index in [-0.39, 0.29) is 6.42 Å². The molecule has 31 heavy (non-hydrogen) atoms. The summed E-state index contributed by atoms with van der Waals surface area (Å²) < 4.78 is 120. The normalized spacial score (nSPS) is 13.8. The molecule has 0 aromatic carbocycles. The van der Waals surface area contributed by atoms with Gasteiger partial charge in [0.1, 0.15) is 0 Å². The topological polar surface area (TPSA) is 71.5 Å². The lowest BCUT2D eigenvalue weighted by Gasteiger charge is -2.23. The van der Waals surface area contributed by atoms with E-state index in [1.54, 1.807) is 0 Å². The molecule has 0 atom stereocenters. The molecule has 0 rings (SSSR count). The second-order valence-electron chi connectivity index (χ2n) is 7.49. The molecule has 0 saturated heterocycles. The van der Waals surface area contributed by atoms with E-state index in [2.05, 4.69) is 6.92 Å². The summed E-state index contributed by atoms with van der Waals surface area (Å²) in [4.78, 5) is 0. The Kier molecular flexibility index (Phi) is 13.6. The van der Waals surface area contributed by atoms with Crippen molar-refractivity contribution in [3.63, 3.8) is 0 Å². The summed E-state index contributed by atoms with van der Waals surface area (Å²) in [5, 5.41) is 0. The fourth-order valence-corrected chi connectivity index (χ4v) is 5.78. The molecule has 13 heteroatoms. The third-order valence-electron chi connectivity index (χ3n) is 4.82.